The minimum absolute atomic E-state index is 0.140. The summed E-state index contributed by atoms with van der Waals surface area (Å²) in [4.78, 5) is 15.8. The van der Waals surface area contributed by atoms with Crippen LogP contribution in [0, 0.1) is 0 Å². The molecule has 26 heavy (non-hydrogen) atoms. The van der Waals surface area contributed by atoms with Crippen molar-refractivity contribution in [3.8, 4) is 5.75 Å². The van der Waals surface area contributed by atoms with E-state index in [9.17, 15) is 4.79 Å². The molecule has 0 aliphatic carbocycles. The maximum absolute atomic E-state index is 11.5. The number of ether oxygens (including phenoxy) is 2. The number of carbonyl (C=O) groups is 1. The quantitative estimate of drug-likeness (QED) is 0.401. The number of esters is 1. The number of carbonyl (C=O) groups excluding carboxylic acids is 1. The molecule has 0 radical (unpaired) electrons. The zero-order valence-corrected chi connectivity index (χ0v) is 14.4. The van der Waals surface area contributed by atoms with Gasteiger partial charge in [-0.05, 0) is 31.2 Å². The third-order valence-electron chi connectivity index (χ3n) is 3.59. The number of benzene rings is 2. The van der Waals surface area contributed by atoms with E-state index >= 15 is 0 Å². The second-order valence-electron chi connectivity index (χ2n) is 5.38. The summed E-state index contributed by atoms with van der Waals surface area (Å²) >= 11 is 0. The maximum Gasteiger partial charge on any atom is 0.344 e. The fraction of sp³-hybridized carbons (Fsp3) is 0.150. The number of fused-ring (bicyclic) bond motifs is 1. The largest absolute Gasteiger partial charge is 0.481 e. The van der Waals surface area contributed by atoms with Gasteiger partial charge in [-0.15, -0.1) is 0 Å². The molecule has 0 spiro atoms. The first-order chi connectivity index (χ1) is 12.8. The first-order valence-corrected chi connectivity index (χ1v) is 8.28. The van der Waals surface area contributed by atoms with Gasteiger partial charge in [-0.1, -0.05) is 30.3 Å². The minimum Gasteiger partial charge on any atom is -0.481 e. The zero-order chi connectivity index (χ0) is 18.2. The Bertz CT molecular complexity index is 920. The summed E-state index contributed by atoms with van der Waals surface area (Å²) in [6, 6.07) is 17.1. The van der Waals surface area contributed by atoms with Crippen LogP contribution in [0.3, 0.4) is 0 Å². The molecule has 0 fully saturated rings. The highest BCUT2D eigenvalue weighted by atomic mass is 16.6. The molecule has 1 aromatic heterocycles. The van der Waals surface area contributed by atoms with E-state index in [0.29, 0.717) is 12.4 Å². The molecule has 0 amide bonds. The molecule has 0 atom stereocenters. The molecule has 0 aliphatic heterocycles. The SMILES string of the molecule is CCOC(=O)COc1ccccc1/C=N/Nc1cccc2cccnc12. The Hall–Kier alpha value is -3.41. The standard InChI is InChI=1S/C20H19N3O3/c1-2-25-19(24)14-26-18-11-4-3-7-16(18)13-22-23-17-10-5-8-15-9-6-12-21-20(15)17/h3-13,23H,2,14H2,1H3/b22-13+. The van der Waals surface area contributed by atoms with Gasteiger partial charge in [-0.25, -0.2) is 4.79 Å². The van der Waals surface area contributed by atoms with E-state index in [1.54, 1.807) is 25.4 Å². The first-order valence-electron chi connectivity index (χ1n) is 8.28. The second kappa shape index (κ2) is 8.62. The molecule has 1 N–H and O–H groups in total. The molecule has 6 heteroatoms. The highest BCUT2D eigenvalue weighted by Gasteiger charge is 2.06. The molecular weight excluding hydrogens is 330 g/mol. The molecule has 3 rings (SSSR count). The highest BCUT2D eigenvalue weighted by molar-refractivity contribution is 5.91. The number of pyridine rings is 1. The minimum atomic E-state index is -0.404. The molecule has 0 aliphatic rings. The Balaban J connectivity index is 1.71. The van der Waals surface area contributed by atoms with E-state index in [1.165, 1.54) is 0 Å². The monoisotopic (exact) mass is 349 g/mol. The average molecular weight is 349 g/mol. The zero-order valence-electron chi connectivity index (χ0n) is 14.4. The highest BCUT2D eigenvalue weighted by Crippen LogP contribution is 2.21. The number of para-hydroxylation sites is 2. The number of nitrogens with one attached hydrogen (secondary N) is 1. The molecule has 6 nitrogen and oxygen atoms in total. The summed E-state index contributed by atoms with van der Waals surface area (Å²) in [5.74, 6) is 0.154. The molecule has 3 aromatic rings. The predicted molar refractivity (Wildman–Crippen MR) is 102 cm³/mol. The molecule has 0 saturated carbocycles. The molecule has 1 heterocycles. The van der Waals surface area contributed by atoms with Crippen molar-refractivity contribution in [3.05, 3.63) is 66.4 Å². The average Bonchev–Trinajstić information content (AvgIpc) is 2.68. The van der Waals surface area contributed by atoms with E-state index in [0.717, 1.165) is 22.2 Å². The van der Waals surface area contributed by atoms with Crippen LogP contribution in [0.25, 0.3) is 10.9 Å². The Kier molecular flexibility index (Phi) is 5.77. The maximum atomic E-state index is 11.5. The topological polar surface area (TPSA) is 72.8 Å². The molecule has 132 valence electrons. The van der Waals surface area contributed by atoms with Crippen LogP contribution in [0.1, 0.15) is 12.5 Å². The Morgan fingerprint density at radius 2 is 2.00 bits per heavy atom. The molecule has 0 unspecified atom stereocenters. The lowest BCUT2D eigenvalue weighted by molar-refractivity contribution is -0.145. The number of hydrazone groups is 1. The predicted octanol–water partition coefficient (Wildman–Crippen LogP) is 3.62. The molecule has 0 saturated heterocycles. The summed E-state index contributed by atoms with van der Waals surface area (Å²) in [5.41, 5.74) is 5.41. The van der Waals surface area contributed by atoms with Crippen LogP contribution in [0.5, 0.6) is 5.75 Å². The number of aromatic nitrogens is 1. The van der Waals surface area contributed by atoms with Gasteiger partial charge in [0.25, 0.3) is 0 Å². The van der Waals surface area contributed by atoms with Crippen LogP contribution >= 0.6 is 0 Å². The van der Waals surface area contributed by atoms with Crippen molar-refractivity contribution in [3.63, 3.8) is 0 Å². The number of anilines is 1. The fourth-order valence-electron chi connectivity index (χ4n) is 2.42. The van der Waals surface area contributed by atoms with Crippen molar-refractivity contribution in [2.45, 2.75) is 6.92 Å². The Morgan fingerprint density at radius 3 is 2.88 bits per heavy atom. The fourth-order valence-corrected chi connectivity index (χ4v) is 2.42. The van der Waals surface area contributed by atoms with Gasteiger partial charge in [-0.3, -0.25) is 10.4 Å². The summed E-state index contributed by atoms with van der Waals surface area (Å²) in [6.07, 6.45) is 3.39. The van der Waals surface area contributed by atoms with Gasteiger partial charge in [0.2, 0.25) is 0 Å². The van der Waals surface area contributed by atoms with Gasteiger partial charge >= 0.3 is 5.97 Å². The van der Waals surface area contributed by atoms with E-state index in [1.807, 2.05) is 48.5 Å². The van der Waals surface area contributed by atoms with E-state index in [2.05, 4.69) is 15.5 Å². The van der Waals surface area contributed by atoms with Crippen molar-refractivity contribution in [2.24, 2.45) is 5.10 Å². The molecule has 0 bridgehead atoms. The third-order valence-corrected chi connectivity index (χ3v) is 3.59. The first kappa shape index (κ1) is 17.4. The summed E-state index contributed by atoms with van der Waals surface area (Å²) in [5, 5.41) is 5.31. The Morgan fingerprint density at radius 1 is 1.15 bits per heavy atom. The molecule has 2 aromatic carbocycles. The second-order valence-corrected chi connectivity index (χ2v) is 5.38. The van der Waals surface area contributed by atoms with Crippen molar-refractivity contribution in [1.29, 1.82) is 0 Å². The van der Waals surface area contributed by atoms with Crippen molar-refractivity contribution < 1.29 is 14.3 Å². The summed E-state index contributed by atoms with van der Waals surface area (Å²) < 4.78 is 10.4. The number of rotatable bonds is 7. The van der Waals surface area contributed by atoms with Crippen molar-refractivity contribution in [1.82, 2.24) is 4.98 Å². The lowest BCUT2D eigenvalue weighted by Gasteiger charge is -2.08. The normalized spacial score (nSPS) is 10.8. The van der Waals surface area contributed by atoms with Gasteiger partial charge in [0.1, 0.15) is 5.75 Å². The van der Waals surface area contributed by atoms with Crippen LogP contribution in [-0.2, 0) is 9.53 Å². The smallest absolute Gasteiger partial charge is 0.344 e. The third kappa shape index (κ3) is 4.36. The van der Waals surface area contributed by atoms with E-state index in [4.69, 9.17) is 9.47 Å². The van der Waals surface area contributed by atoms with Crippen LogP contribution in [0.15, 0.2) is 65.9 Å². The lowest BCUT2D eigenvalue weighted by Crippen LogP contribution is -2.15. The van der Waals surface area contributed by atoms with Gasteiger partial charge in [0, 0.05) is 17.1 Å². The van der Waals surface area contributed by atoms with Gasteiger partial charge < -0.3 is 9.47 Å². The number of hydrogen-bond donors (Lipinski definition) is 1. The van der Waals surface area contributed by atoms with Gasteiger partial charge in [-0.2, -0.15) is 5.10 Å². The summed E-state index contributed by atoms with van der Waals surface area (Å²) in [7, 11) is 0. The van der Waals surface area contributed by atoms with Crippen LogP contribution in [-0.4, -0.2) is 30.4 Å². The number of hydrogen-bond acceptors (Lipinski definition) is 6. The number of nitrogens with zero attached hydrogens (tertiary/aromatic N) is 2. The Labute approximate surface area is 151 Å². The van der Waals surface area contributed by atoms with Crippen LogP contribution in [0.4, 0.5) is 5.69 Å². The van der Waals surface area contributed by atoms with Crippen molar-refractivity contribution in [2.75, 3.05) is 18.6 Å². The van der Waals surface area contributed by atoms with Crippen LogP contribution < -0.4 is 10.2 Å². The molecular formula is C20H19N3O3. The van der Waals surface area contributed by atoms with Gasteiger partial charge in [0.15, 0.2) is 6.61 Å². The van der Waals surface area contributed by atoms with Crippen LogP contribution in [0.2, 0.25) is 0 Å². The lowest BCUT2D eigenvalue weighted by atomic mass is 10.2. The van der Waals surface area contributed by atoms with Crippen molar-refractivity contribution >= 4 is 28.8 Å². The van der Waals surface area contributed by atoms with E-state index < -0.39 is 5.97 Å². The summed E-state index contributed by atoms with van der Waals surface area (Å²) in [6.45, 7) is 1.94. The van der Waals surface area contributed by atoms with E-state index in [-0.39, 0.29) is 6.61 Å². The van der Waals surface area contributed by atoms with Gasteiger partial charge in [0.05, 0.1) is 24.0 Å².